The SMILES string of the molecule is CC(C)(C)[C@@H]1CCc2c(sc(NC(=O)[C@H]3[C@@H](C(=O)O)[C@H]4C=C[C@H]3CC4)c2C(N)=O)C1. The van der Waals surface area contributed by atoms with E-state index in [0.29, 0.717) is 16.5 Å². The zero-order chi connectivity index (χ0) is 21.8. The fourth-order valence-corrected chi connectivity index (χ4v) is 6.89. The minimum Gasteiger partial charge on any atom is -0.481 e. The van der Waals surface area contributed by atoms with Crippen molar-refractivity contribution in [3.8, 4) is 0 Å². The Morgan fingerprint density at radius 3 is 2.27 bits per heavy atom. The molecular formula is C23H30N2O4S. The van der Waals surface area contributed by atoms with Gasteiger partial charge in [0.1, 0.15) is 5.00 Å². The molecule has 1 saturated carbocycles. The van der Waals surface area contributed by atoms with Gasteiger partial charge in [0.25, 0.3) is 5.91 Å². The van der Waals surface area contributed by atoms with Gasteiger partial charge in [-0.15, -0.1) is 11.3 Å². The standard InChI is InChI=1S/C23H30N2O4S/c1-23(2,3)13-8-9-14-15(10-13)30-21(18(14)19(24)26)25-20(27)16-11-4-6-12(7-5-11)17(16)22(28)29/h4,6,11-13,16-17H,5,7-10H2,1-3H3,(H2,24,26)(H,25,27)(H,28,29)/t11-,12-,13+,16+,17-/m0/s1. The summed E-state index contributed by atoms with van der Waals surface area (Å²) in [7, 11) is 0. The number of aliphatic carboxylic acids is 1. The Balaban J connectivity index is 1.63. The van der Waals surface area contributed by atoms with Crippen molar-refractivity contribution in [2.45, 2.75) is 52.9 Å². The van der Waals surface area contributed by atoms with Crippen molar-refractivity contribution in [1.82, 2.24) is 0 Å². The lowest BCUT2D eigenvalue weighted by Crippen LogP contribution is -2.47. The van der Waals surface area contributed by atoms with Crippen molar-refractivity contribution in [2.24, 2.45) is 40.7 Å². The molecule has 0 radical (unpaired) electrons. The minimum absolute atomic E-state index is 0.0759. The molecular weight excluding hydrogens is 400 g/mol. The molecule has 0 unspecified atom stereocenters. The number of thiophene rings is 1. The van der Waals surface area contributed by atoms with Gasteiger partial charge in [0, 0.05) is 4.88 Å². The van der Waals surface area contributed by atoms with E-state index in [0.717, 1.165) is 42.5 Å². The maximum atomic E-state index is 13.2. The summed E-state index contributed by atoms with van der Waals surface area (Å²) in [6.07, 6.45) is 8.18. The number of carboxylic acids is 1. The summed E-state index contributed by atoms with van der Waals surface area (Å²) in [5.41, 5.74) is 7.25. The van der Waals surface area contributed by atoms with Crippen LogP contribution in [0.2, 0.25) is 0 Å². The van der Waals surface area contributed by atoms with E-state index >= 15 is 0 Å². The van der Waals surface area contributed by atoms with Gasteiger partial charge < -0.3 is 16.2 Å². The molecule has 0 aliphatic heterocycles. The summed E-state index contributed by atoms with van der Waals surface area (Å²) < 4.78 is 0. The van der Waals surface area contributed by atoms with E-state index in [1.807, 2.05) is 12.2 Å². The van der Waals surface area contributed by atoms with Gasteiger partial charge in [-0.05, 0) is 60.8 Å². The van der Waals surface area contributed by atoms with Crippen LogP contribution in [0.1, 0.15) is 60.8 Å². The van der Waals surface area contributed by atoms with Crippen LogP contribution in [0.15, 0.2) is 12.2 Å². The van der Waals surface area contributed by atoms with Crippen molar-refractivity contribution in [3.63, 3.8) is 0 Å². The second-order valence-corrected chi connectivity index (χ2v) is 11.2. The highest BCUT2D eigenvalue weighted by atomic mass is 32.1. The Kier molecular flexibility index (Phi) is 5.29. The van der Waals surface area contributed by atoms with Crippen molar-refractivity contribution < 1.29 is 19.5 Å². The summed E-state index contributed by atoms with van der Waals surface area (Å²) >= 11 is 1.43. The van der Waals surface area contributed by atoms with Crippen LogP contribution >= 0.6 is 11.3 Å². The van der Waals surface area contributed by atoms with E-state index in [1.54, 1.807) is 0 Å². The number of carbonyl (C=O) groups excluding carboxylic acids is 2. The number of nitrogens with two attached hydrogens (primary N) is 1. The van der Waals surface area contributed by atoms with Crippen LogP contribution in [0, 0.1) is 35.0 Å². The van der Waals surface area contributed by atoms with Crippen LogP contribution in [0.3, 0.4) is 0 Å². The highest BCUT2D eigenvalue weighted by Crippen LogP contribution is 2.47. The molecule has 0 saturated heterocycles. The molecule has 0 spiro atoms. The number of nitrogens with one attached hydrogen (secondary N) is 1. The summed E-state index contributed by atoms with van der Waals surface area (Å²) in [5.74, 6) is -2.78. The Labute approximate surface area is 180 Å². The van der Waals surface area contributed by atoms with Gasteiger partial charge in [-0.25, -0.2) is 0 Å². The van der Waals surface area contributed by atoms with Gasteiger partial charge in [-0.3, -0.25) is 14.4 Å². The van der Waals surface area contributed by atoms with E-state index < -0.39 is 23.7 Å². The van der Waals surface area contributed by atoms with Gasteiger partial charge in [-0.2, -0.15) is 0 Å². The van der Waals surface area contributed by atoms with Crippen molar-refractivity contribution in [2.75, 3.05) is 5.32 Å². The van der Waals surface area contributed by atoms with Crippen LogP contribution in [0.25, 0.3) is 0 Å². The van der Waals surface area contributed by atoms with Gasteiger partial charge in [-0.1, -0.05) is 32.9 Å². The lowest BCUT2D eigenvalue weighted by molar-refractivity contribution is -0.151. The molecule has 2 bridgehead atoms. The van der Waals surface area contributed by atoms with E-state index in [4.69, 9.17) is 5.73 Å². The zero-order valence-electron chi connectivity index (χ0n) is 17.7. The van der Waals surface area contributed by atoms with Crippen molar-refractivity contribution in [1.29, 1.82) is 0 Å². The number of allylic oxidation sites excluding steroid dienone is 2. The Morgan fingerprint density at radius 1 is 1.10 bits per heavy atom. The number of carboxylic acid groups (broad SMARTS) is 1. The number of anilines is 1. The quantitative estimate of drug-likeness (QED) is 0.630. The summed E-state index contributed by atoms with van der Waals surface area (Å²) in [6.45, 7) is 6.68. The van der Waals surface area contributed by atoms with E-state index in [9.17, 15) is 19.5 Å². The Hall–Kier alpha value is -2.15. The first kappa shape index (κ1) is 21.1. The van der Waals surface area contributed by atoms with Crippen LogP contribution in [-0.4, -0.2) is 22.9 Å². The Morgan fingerprint density at radius 2 is 1.73 bits per heavy atom. The fourth-order valence-electron chi connectivity index (χ4n) is 5.56. The van der Waals surface area contributed by atoms with Gasteiger partial charge in [0.2, 0.25) is 5.91 Å². The molecule has 0 aromatic carbocycles. The average molecular weight is 431 g/mol. The first-order chi connectivity index (χ1) is 14.1. The van der Waals surface area contributed by atoms with E-state index in [2.05, 4.69) is 26.1 Å². The normalized spacial score (nSPS) is 30.0. The number of hydrogen-bond acceptors (Lipinski definition) is 4. The number of rotatable bonds is 4. The average Bonchev–Trinajstić information content (AvgIpc) is 3.04. The first-order valence-electron chi connectivity index (χ1n) is 10.7. The zero-order valence-corrected chi connectivity index (χ0v) is 18.6. The van der Waals surface area contributed by atoms with Crippen LogP contribution in [-0.2, 0) is 22.4 Å². The molecule has 7 heteroatoms. The second kappa shape index (κ2) is 7.52. The van der Waals surface area contributed by atoms with Gasteiger partial charge in [0.05, 0.1) is 17.4 Å². The predicted octanol–water partition coefficient (Wildman–Crippen LogP) is 3.85. The molecule has 6 nitrogen and oxygen atoms in total. The molecule has 4 aliphatic rings. The number of carbonyl (C=O) groups is 3. The third-order valence-corrected chi connectivity index (χ3v) is 8.48. The maximum Gasteiger partial charge on any atom is 0.307 e. The number of fused-ring (bicyclic) bond motifs is 3. The van der Waals surface area contributed by atoms with Crippen LogP contribution < -0.4 is 11.1 Å². The number of primary amides is 1. The van der Waals surface area contributed by atoms with E-state index in [1.165, 1.54) is 11.3 Å². The minimum atomic E-state index is -0.928. The predicted molar refractivity (Wildman–Crippen MR) is 116 cm³/mol. The number of amides is 2. The molecule has 4 N–H and O–H groups in total. The third-order valence-electron chi connectivity index (χ3n) is 7.31. The van der Waals surface area contributed by atoms with E-state index in [-0.39, 0.29) is 23.2 Å². The molecule has 1 fully saturated rings. The molecule has 30 heavy (non-hydrogen) atoms. The summed E-state index contributed by atoms with van der Waals surface area (Å²) in [4.78, 5) is 38.5. The summed E-state index contributed by atoms with van der Waals surface area (Å²) in [6, 6.07) is 0. The topological polar surface area (TPSA) is 109 Å². The second-order valence-electron chi connectivity index (χ2n) is 10.0. The van der Waals surface area contributed by atoms with Gasteiger partial charge in [0.15, 0.2) is 0 Å². The molecule has 5 rings (SSSR count). The molecule has 5 atom stereocenters. The van der Waals surface area contributed by atoms with Crippen LogP contribution in [0.4, 0.5) is 5.00 Å². The monoisotopic (exact) mass is 430 g/mol. The summed E-state index contributed by atoms with van der Waals surface area (Å²) in [5, 5.41) is 13.2. The molecule has 2 amide bonds. The lowest BCUT2D eigenvalue weighted by Gasteiger charge is -2.41. The Bertz CT molecular complexity index is 926. The highest BCUT2D eigenvalue weighted by Gasteiger charge is 2.48. The van der Waals surface area contributed by atoms with Crippen LogP contribution in [0.5, 0.6) is 0 Å². The van der Waals surface area contributed by atoms with Crippen molar-refractivity contribution >= 4 is 34.1 Å². The largest absolute Gasteiger partial charge is 0.481 e. The fraction of sp³-hybridized carbons (Fsp3) is 0.609. The number of hydrogen-bond donors (Lipinski definition) is 3. The smallest absolute Gasteiger partial charge is 0.307 e. The third kappa shape index (κ3) is 3.57. The highest BCUT2D eigenvalue weighted by molar-refractivity contribution is 7.17. The maximum absolute atomic E-state index is 13.2. The molecule has 162 valence electrons. The van der Waals surface area contributed by atoms with Crippen molar-refractivity contribution in [3.05, 3.63) is 28.2 Å². The molecule has 1 aromatic rings. The van der Waals surface area contributed by atoms with Gasteiger partial charge >= 0.3 is 5.97 Å². The first-order valence-corrected chi connectivity index (χ1v) is 11.6. The lowest BCUT2D eigenvalue weighted by atomic mass is 9.62. The molecule has 4 aliphatic carbocycles. The molecule has 1 aromatic heterocycles. The molecule has 1 heterocycles.